The summed E-state index contributed by atoms with van der Waals surface area (Å²) in [6.07, 6.45) is 1.85. The number of rotatable bonds is 0. The van der Waals surface area contributed by atoms with Crippen LogP contribution in [0, 0.1) is 0 Å². The molecule has 5 heteroatoms. The lowest BCUT2D eigenvalue weighted by atomic mass is 10.2. The van der Waals surface area contributed by atoms with Gasteiger partial charge in [-0.15, -0.1) is 24.8 Å². The second-order valence-electron chi connectivity index (χ2n) is 2.80. The molecule has 0 saturated carbocycles. The molecule has 1 aromatic rings. The van der Waals surface area contributed by atoms with E-state index in [1.165, 1.54) is 11.3 Å². The molecule has 2 rings (SSSR count). The molecule has 1 atom stereocenters. The molecule has 1 aliphatic heterocycles. The Hall–Kier alpha value is 0.170. The van der Waals surface area contributed by atoms with Gasteiger partial charge in [-0.05, 0) is 34.5 Å². The van der Waals surface area contributed by atoms with Gasteiger partial charge in [0, 0.05) is 23.3 Å². The largest absolute Gasteiger partial charge is 0.305 e. The van der Waals surface area contributed by atoms with E-state index in [1.807, 2.05) is 6.20 Å². The SMILES string of the molecule is CC1NCc2cc(Br)cnc21.Cl.Cl. The van der Waals surface area contributed by atoms with Gasteiger partial charge in [-0.2, -0.15) is 0 Å². The number of pyridine rings is 1. The highest BCUT2D eigenvalue weighted by molar-refractivity contribution is 9.10. The maximum Gasteiger partial charge on any atom is 0.0616 e. The lowest BCUT2D eigenvalue weighted by Gasteiger charge is -2.01. The molecule has 1 aliphatic rings. The van der Waals surface area contributed by atoms with Gasteiger partial charge in [0.1, 0.15) is 0 Å². The standard InChI is InChI=1S/C8H9BrN2.2ClH/c1-5-8-6(3-10-5)2-7(9)4-11-8;;/h2,4-5,10H,3H2,1H3;2*1H. The van der Waals surface area contributed by atoms with E-state index in [0.29, 0.717) is 6.04 Å². The van der Waals surface area contributed by atoms with Crippen molar-refractivity contribution in [3.05, 3.63) is 28.0 Å². The number of halogens is 3. The second-order valence-corrected chi connectivity index (χ2v) is 3.72. The van der Waals surface area contributed by atoms with Crippen LogP contribution in [0.5, 0.6) is 0 Å². The van der Waals surface area contributed by atoms with Crippen LogP contribution in [-0.4, -0.2) is 4.98 Å². The van der Waals surface area contributed by atoms with Crippen LogP contribution in [0.3, 0.4) is 0 Å². The first-order chi connectivity index (χ1) is 5.27. The van der Waals surface area contributed by atoms with Gasteiger partial charge in [0.05, 0.1) is 5.69 Å². The van der Waals surface area contributed by atoms with E-state index in [9.17, 15) is 0 Å². The highest BCUT2D eigenvalue weighted by Gasteiger charge is 2.18. The van der Waals surface area contributed by atoms with Crippen LogP contribution < -0.4 is 5.32 Å². The van der Waals surface area contributed by atoms with Gasteiger partial charge in [0.15, 0.2) is 0 Å². The minimum Gasteiger partial charge on any atom is -0.305 e. The van der Waals surface area contributed by atoms with Crippen LogP contribution >= 0.6 is 40.7 Å². The molecule has 2 nitrogen and oxygen atoms in total. The summed E-state index contributed by atoms with van der Waals surface area (Å²) in [5, 5.41) is 3.33. The van der Waals surface area contributed by atoms with Gasteiger partial charge in [0.25, 0.3) is 0 Å². The first-order valence-corrected chi connectivity index (χ1v) is 4.44. The summed E-state index contributed by atoms with van der Waals surface area (Å²) < 4.78 is 1.06. The Balaban J connectivity index is 0.000000720. The molecule has 0 saturated heterocycles. The smallest absolute Gasteiger partial charge is 0.0616 e. The third-order valence-electron chi connectivity index (χ3n) is 1.98. The van der Waals surface area contributed by atoms with Crippen molar-refractivity contribution < 1.29 is 0 Å². The third-order valence-corrected chi connectivity index (χ3v) is 2.41. The van der Waals surface area contributed by atoms with E-state index in [1.54, 1.807) is 0 Å². The third kappa shape index (κ3) is 2.56. The van der Waals surface area contributed by atoms with Crippen molar-refractivity contribution in [3.8, 4) is 0 Å². The van der Waals surface area contributed by atoms with Gasteiger partial charge in [-0.3, -0.25) is 4.98 Å². The van der Waals surface area contributed by atoms with Gasteiger partial charge in [-0.1, -0.05) is 0 Å². The number of fused-ring (bicyclic) bond motifs is 1. The molecular formula is C8H11BrCl2N2. The molecule has 13 heavy (non-hydrogen) atoms. The van der Waals surface area contributed by atoms with Crippen molar-refractivity contribution >= 4 is 40.7 Å². The Morgan fingerprint density at radius 1 is 1.54 bits per heavy atom. The van der Waals surface area contributed by atoms with Gasteiger partial charge < -0.3 is 5.32 Å². The molecule has 1 N–H and O–H groups in total. The predicted molar refractivity (Wildman–Crippen MR) is 61.7 cm³/mol. The summed E-state index contributed by atoms with van der Waals surface area (Å²) in [6.45, 7) is 3.08. The molecule has 0 radical (unpaired) electrons. The van der Waals surface area contributed by atoms with Crippen molar-refractivity contribution in [1.29, 1.82) is 0 Å². The van der Waals surface area contributed by atoms with E-state index in [0.717, 1.165) is 11.0 Å². The molecule has 0 fully saturated rings. The van der Waals surface area contributed by atoms with Crippen LogP contribution in [0.2, 0.25) is 0 Å². The second kappa shape index (κ2) is 5.15. The van der Waals surface area contributed by atoms with Crippen molar-refractivity contribution in [1.82, 2.24) is 10.3 Å². The van der Waals surface area contributed by atoms with Crippen molar-refractivity contribution in [2.24, 2.45) is 0 Å². The Morgan fingerprint density at radius 3 is 2.92 bits per heavy atom. The Bertz CT molecular complexity index is 293. The maximum atomic E-state index is 4.33. The Labute approximate surface area is 98.5 Å². The van der Waals surface area contributed by atoms with Gasteiger partial charge >= 0.3 is 0 Å². The molecule has 0 bridgehead atoms. The fourth-order valence-electron chi connectivity index (χ4n) is 1.38. The van der Waals surface area contributed by atoms with Crippen molar-refractivity contribution in [2.45, 2.75) is 19.5 Å². The highest BCUT2D eigenvalue weighted by Crippen LogP contribution is 2.24. The highest BCUT2D eigenvalue weighted by atomic mass is 79.9. The number of hydrogen-bond donors (Lipinski definition) is 1. The Kier molecular flexibility index (Phi) is 5.22. The summed E-state index contributed by atoms with van der Waals surface area (Å²) in [7, 11) is 0. The molecule has 0 aliphatic carbocycles. The monoisotopic (exact) mass is 284 g/mol. The summed E-state index contributed by atoms with van der Waals surface area (Å²) in [5.41, 5.74) is 2.50. The maximum absolute atomic E-state index is 4.33. The zero-order chi connectivity index (χ0) is 7.84. The summed E-state index contributed by atoms with van der Waals surface area (Å²) in [6, 6.07) is 2.54. The fraction of sp³-hybridized carbons (Fsp3) is 0.375. The predicted octanol–water partition coefficient (Wildman–Crippen LogP) is 2.85. The molecule has 0 spiro atoms. The van der Waals surface area contributed by atoms with Crippen LogP contribution in [0.4, 0.5) is 0 Å². The minimum atomic E-state index is 0. The van der Waals surface area contributed by atoms with Crippen LogP contribution in [-0.2, 0) is 6.54 Å². The number of nitrogens with zero attached hydrogens (tertiary/aromatic N) is 1. The first-order valence-electron chi connectivity index (χ1n) is 3.65. The molecule has 74 valence electrons. The topological polar surface area (TPSA) is 24.9 Å². The van der Waals surface area contributed by atoms with E-state index >= 15 is 0 Å². The lowest BCUT2D eigenvalue weighted by Crippen LogP contribution is -2.07. The van der Waals surface area contributed by atoms with Crippen LogP contribution in [0.15, 0.2) is 16.7 Å². The minimum absolute atomic E-state index is 0. The molecule has 1 aromatic heterocycles. The van der Waals surface area contributed by atoms with Crippen molar-refractivity contribution in [3.63, 3.8) is 0 Å². The zero-order valence-electron chi connectivity index (χ0n) is 7.08. The molecule has 1 unspecified atom stereocenters. The normalized spacial score (nSPS) is 18.5. The Morgan fingerprint density at radius 2 is 2.23 bits per heavy atom. The van der Waals surface area contributed by atoms with Crippen LogP contribution in [0.25, 0.3) is 0 Å². The summed E-state index contributed by atoms with van der Waals surface area (Å²) in [5.74, 6) is 0. The average Bonchev–Trinajstić information content (AvgIpc) is 2.32. The van der Waals surface area contributed by atoms with Crippen LogP contribution in [0.1, 0.15) is 24.2 Å². The van der Waals surface area contributed by atoms with E-state index in [-0.39, 0.29) is 24.8 Å². The number of hydrogen-bond acceptors (Lipinski definition) is 2. The van der Waals surface area contributed by atoms with Gasteiger partial charge in [0.2, 0.25) is 0 Å². The summed E-state index contributed by atoms with van der Waals surface area (Å²) in [4.78, 5) is 4.33. The number of nitrogens with one attached hydrogen (secondary N) is 1. The zero-order valence-corrected chi connectivity index (χ0v) is 10.3. The van der Waals surface area contributed by atoms with E-state index < -0.39 is 0 Å². The van der Waals surface area contributed by atoms with Crippen molar-refractivity contribution in [2.75, 3.05) is 0 Å². The molecule has 0 amide bonds. The number of aromatic nitrogens is 1. The molecular weight excluding hydrogens is 275 g/mol. The van der Waals surface area contributed by atoms with Gasteiger partial charge in [-0.25, -0.2) is 0 Å². The van der Waals surface area contributed by atoms with E-state index in [2.05, 4.69) is 39.2 Å². The average molecular weight is 286 g/mol. The lowest BCUT2D eigenvalue weighted by molar-refractivity contribution is 0.623. The summed E-state index contributed by atoms with van der Waals surface area (Å²) >= 11 is 3.39. The van der Waals surface area contributed by atoms with E-state index in [4.69, 9.17) is 0 Å². The fourth-order valence-corrected chi connectivity index (χ4v) is 1.76. The first kappa shape index (κ1) is 13.2. The molecule has 2 heterocycles. The molecule has 0 aromatic carbocycles. The quantitative estimate of drug-likeness (QED) is 0.793.